The molecule has 0 aromatic carbocycles. The molecule has 4 nitrogen and oxygen atoms in total. The van der Waals surface area contributed by atoms with Crippen LogP contribution in [0, 0.1) is 10.1 Å². The zero-order valence-electron chi connectivity index (χ0n) is 6.91. The van der Waals surface area contributed by atoms with Crippen molar-refractivity contribution in [2.45, 2.75) is 6.42 Å². The summed E-state index contributed by atoms with van der Waals surface area (Å²) in [6.07, 6.45) is 3.50. The van der Waals surface area contributed by atoms with Crippen LogP contribution in [0.15, 0.2) is 26.2 Å². The van der Waals surface area contributed by atoms with Crippen molar-refractivity contribution in [2.75, 3.05) is 7.05 Å². The first kappa shape index (κ1) is 12.5. The van der Waals surface area contributed by atoms with Gasteiger partial charge in [0, 0.05) is 17.7 Å². The van der Waals surface area contributed by atoms with Crippen LogP contribution < -0.4 is 0 Å². The van der Waals surface area contributed by atoms with Gasteiger partial charge in [-0.15, -0.1) is 0 Å². The van der Waals surface area contributed by atoms with Gasteiger partial charge in [0.2, 0.25) is 0 Å². The van der Waals surface area contributed by atoms with E-state index in [1.165, 1.54) is 4.99 Å². The summed E-state index contributed by atoms with van der Waals surface area (Å²) in [5.41, 5.74) is 0.0986. The molecule has 0 aromatic heterocycles. The normalized spacial score (nSPS) is 13.8. The minimum Gasteiger partial charge on any atom is -0.295 e. The molecule has 0 unspecified atom stereocenters. The van der Waals surface area contributed by atoms with E-state index in [9.17, 15) is 10.1 Å². The van der Waals surface area contributed by atoms with E-state index in [4.69, 9.17) is 0 Å². The van der Waals surface area contributed by atoms with Gasteiger partial charge in [0.15, 0.2) is 0 Å². The highest BCUT2D eigenvalue weighted by Gasteiger charge is 2.06. The molecule has 0 heterocycles. The van der Waals surface area contributed by atoms with Gasteiger partial charge in [-0.25, -0.2) is 0 Å². The summed E-state index contributed by atoms with van der Waals surface area (Å²) in [5, 5.41) is 10.3. The maximum Gasteiger partial charge on any atom is 0.256 e. The second-order valence-corrected chi connectivity index (χ2v) is 3.41. The lowest BCUT2D eigenvalue weighted by molar-refractivity contribution is -0.426. The molecule has 0 amide bonds. The molecule has 0 spiro atoms. The first-order chi connectivity index (χ1) is 6.11. The van der Waals surface area contributed by atoms with Crippen molar-refractivity contribution < 1.29 is 4.92 Å². The fourth-order valence-electron chi connectivity index (χ4n) is 0.537. The predicted octanol–water partition coefficient (Wildman–Crippen LogP) is 2.87. The lowest BCUT2D eigenvalue weighted by Crippen LogP contribution is -1.96. The summed E-state index contributed by atoms with van der Waals surface area (Å²) < 4.78 is 0.726. The molecule has 0 rings (SSSR count). The third-order valence-electron chi connectivity index (χ3n) is 1.12. The quantitative estimate of drug-likeness (QED) is 0.455. The Hall–Kier alpha value is -0.490. The van der Waals surface area contributed by atoms with Crippen molar-refractivity contribution in [3.63, 3.8) is 0 Å². The predicted molar refractivity (Wildman–Crippen MR) is 60.0 cm³/mol. The third kappa shape index (κ3) is 5.70. The lowest BCUT2D eigenvalue weighted by atomic mass is 10.3. The highest BCUT2D eigenvalue weighted by molar-refractivity contribution is 9.12. The highest BCUT2D eigenvalue weighted by atomic mass is 79.9. The van der Waals surface area contributed by atoms with Crippen molar-refractivity contribution >= 4 is 38.1 Å². The molecule has 72 valence electrons. The van der Waals surface area contributed by atoms with Crippen molar-refractivity contribution in [1.29, 1.82) is 0 Å². The van der Waals surface area contributed by atoms with Gasteiger partial charge in [-0.05, 0) is 15.9 Å². The highest BCUT2D eigenvalue weighted by Crippen LogP contribution is 2.10. The minimum atomic E-state index is -0.436. The summed E-state index contributed by atoms with van der Waals surface area (Å²) in [7, 11) is 1.63. The van der Waals surface area contributed by atoms with Crippen LogP contribution in [0.3, 0.4) is 0 Å². The van der Waals surface area contributed by atoms with Gasteiger partial charge in [-0.3, -0.25) is 15.1 Å². The number of halogens is 2. The number of aliphatic imine (C=N–C) groups is 1. The molecular weight excluding hydrogens is 304 g/mol. The van der Waals surface area contributed by atoms with Crippen LogP contribution in [-0.4, -0.2) is 18.2 Å². The Morgan fingerprint density at radius 1 is 1.69 bits per heavy atom. The van der Waals surface area contributed by atoms with Crippen LogP contribution in [0.2, 0.25) is 0 Å². The fraction of sp³-hybridized carbons (Fsp3) is 0.286. The molecule has 13 heavy (non-hydrogen) atoms. The van der Waals surface area contributed by atoms with Crippen LogP contribution >= 0.6 is 31.9 Å². The number of hydrogen-bond acceptors (Lipinski definition) is 3. The van der Waals surface area contributed by atoms with Gasteiger partial charge in [-0.2, -0.15) is 0 Å². The minimum absolute atomic E-state index is 0.0986. The summed E-state index contributed by atoms with van der Waals surface area (Å²) in [6.45, 7) is 0. The fourth-order valence-corrected chi connectivity index (χ4v) is 1.26. The Morgan fingerprint density at radius 2 is 2.31 bits per heavy atom. The van der Waals surface area contributed by atoms with Gasteiger partial charge >= 0.3 is 0 Å². The molecular formula is C7H8Br2N2O2. The SMILES string of the molecule is C/N=C\C(Br)=C/C/C(=C/Br)[N+](=O)[O-]. The zero-order valence-corrected chi connectivity index (χ0v) is 10.1. The van der Waals surface area contributed by atoms with Crippen LogP contribution in [0.25, 0.3) is 0 Å². The largest absolute Gasteiger partial charge is 0.295 e. The average molecular weight is 312 g/mol. The van der Waals surface area contributed by atoms with E-state index >= 15 is 0 Å². The van der Waals surface area contributed by atoms with Gasteiger partial charge < -0.3 is 0 Å². The van der Waals surface area contributed by atoms with E-state index in [1.54, 1.807) is 19.3 Å². The molecule has 0 fully saturated rings. The Bertz CT molecular complexity index is 272. The van der Waals surface area contributed by atoms with E-state index < -0.39 is 4.92 Å². The van der Waals surface area contributed by atoms with Crippen LogP contribution in [0.1, 0.15) is 6.42 Å². The first-order valence-electron chi connectivity index (χ1n) is 3.33. The number of nitrogens with zero attached hydrogens (tertiary/aromatic N) is 2. The molecule has 0 atom stereocenters. The number of rotatable bonds is 4. The average Bonchev–Trinajstić information content (AvgIpc) is 2.05. The topological polar surface area (TPSA) is 55.5 Å². The van der Waals surface area contributed by atoms with Gasteiger partial charge in [0.1, 0.15) is 0 Å². The van der Waals surface area contributed by atoms with Gasteiger partial charge in [0.05, 0.1) is 16.3 Å². The molecule has 0 aliphatic carbocycles. The van der Waals surface area contributed by atoms with Crippen LogP contribution in [-0.2, 0) is 0 Å². The van der Waals surface area contributed by atoms with Crippen molar-refractivity contribution in [1.82, 2.24) is 0 Å². The smallest absolute Gasteiger partial charge is 0.256 e. The molecule has 0 radical (unpaired) electrons. The Balaban J connectivity index is 4.29. The van der Waals surface area contributed by atoms with E-state index in [2.05, 4.69) is 36.9 Å². The van der Waals surface area contributed by atoms with Crippen LogP contribution in [0.5, 0.6) is 0 Å². The number of nitro groups is 1. The van der Waals surface area contributed by atoms with Crippen molar-refractivity contribution in [3.05, 3.63) is 31.4 Å². The van der Waals surface area contributed by atoms with E-state index in [0.717, 1.165) is 4.48 Å². The molecule has 0 saturated heterocycles. The maximum atomic E-state index is 10.3. The molecule has 0 aromatic rings. The summed E-state index contributed by atoms with van der Waals surface area (Å²) >= 11 is 6.12. The van der Waals surface area contributed by atoms with Gasteiger partial charge in [-0.1, -0.05) is 22.0 Å². The standard InChI is InChI=1S/C7H8Br2N2O2/c1-10-5-6(9)2-3-7(4-8)11(12)13/h2,4-5H,3H2,1H3/b6-2+,7-4-,10-5-. The monoisotopic (exact) mass is 310 g/mol. The number of allylic oxidation sites excluding steroid dienone is 2. The van der Waals surface area contributed by atoms with Crippen molar-refractivity contribution in [2.24, 2.45) is 4.99 Å². The van der Waals surface area contributed by atoms with Gasteiger partial charge in [0.25, 0.3) is 5.70 Å². The van der Waals surface area contributed by atoms with E-state index in [1.807, 2.05) is 0 Å². The second kappa shape index (κ2) is 6.97. The number of hydrogen-bond donors (Lipinski definition) is 0. The molecule has 0 aliphatic heterocycles. The molecule has 0 bridgehead atoms. The summed E-state index contributed by atoms with van der Waals surface area (Å²) in [5.74, 6) is 0. The Kier molecular flexibility index (Phi) is 6.70. The van der Waals surface area contributed by atoms with E-state index in [-0.39, 0.29) is 12.1 Å². The first-order valence-corrected chi connectivity index (χ1v) is 5.04. The Labute approximate surface area is 92.8 Å². The second-order valence-electron chi connectivity index (χ2n) is 2.04. The molecule has 0 saturated carbocycles. The summed E-state index contributed by atoms with van der Waals surface area (Å²) in [6, 6.07) is 0. The lowest BCUT2D eigenvalue weighted by Gasteiger charge is -1.91. The zero-order chi connectivity index (χ0) is 10.3. The third-order valence-corrected chi connectivity index (χ3v) is 2.18. The van der Waals surface area contributed by atoms with Crippen LogP contribution in [0.4, 0.5) is 0 Å². The molecule has 0 aliphatic rings. The van der Waals surface area contributed by atoms with Crippen molar-refractivity contribution in [3.8, 4) is 0 Å². The summed E-state index contributed by atoms with van der Waals surface area (Å²) in [4.78, 5) is 14.9. The Morgan fingerprint density at radius 3 is 2.69 bits per heavy atom. The maximum absolute atomic E-state index is 10.3. The molecule has 0 N–H and O–H groups in total. The molecule has 6 heteroatoms. The van der Waals surface area contributed by atoms with E-state index in [0.29, 0.717) is 0 Å².